The van der Waals surface area contributed by atoms with Gasteiger partial charge in [-0.15, -0.1) is 0 Å². The van der Waals surface area contributed by atoms with E-state index in [2.05, 4.69) is 25.7 Å². The number of ether oxygens (including phenoxy) is 1. The number of carbonyl (C=O) groups is 3. The van der Waals surface area contributed by atoms with E-state index in [4.69, 9.17) is 9.15 Å². The van der Waals surface area contributed by atoms with Gasteiger partial charge in [0.25, 0.3) is 17.8 Å². The number of rotatable bonds is 8. The van der Waals surface area contributed by atoms with Gasteiger partial charge < -0.3 is 19.8 Å². The van der Waals surface area contributed by atoms with E-state index in [0.29, 0.717) is 23.0 Å². The minimum Gasteiger partial charge on any atom is -0.459 e. The summed E-state index contributed by atoms with van der Waals surface area (Å²) in [6.45, 7) is 4.85. The number of carbonyl (C=O) groups excluding carboxylic acids is 3. The Hall–Kier alpha value is -4.80. The van der Waals surface area contributed by atoms with Gasteiger partial charge in [-0.1, -0.05) is 30.3 Å². The molecule has 2 amide bonds. The molecule has 4 rings (SSSR count). The summed E-state index contributed by atoms with van der Waals surface area (Å²) in [5, 5.41) is 9.60. The Labute approximate surface area is 206 Å². The van der Waals surface area contributed by atoms with Crippen LogP contribution in [0.25, 0.3) is 5.95 Å². The predicted molar refractivity (Wildman–Crippen MR) is 128 cm³/mol. The van der Waals surface area contributed by atoms with E-state index < -0.39 is 30.4 Å². The highest BCUT2D eigenvalue weighted by Gasteiger charge is 2.26. The molecule has 1 unspecified atom stereocenters. The van der Waals surface area contributed by atoms with Crippen LogP contribution in [-0.2, 0) is 14.3 Å². The number of aromatic nitrogens is 4. The Kier molecular flexibility index (Phi) is 7.19. The number of nitrogens with zero attached hydrogens (tertiary/aromatic N) is 4. The van der Waals surface area contributed by atoms with E-state index in [1.165, 1.54) is 17.0 Å². The molecule has 0 spiro atoms. The van der Waals surface area contributed by atoms with E-state index in [1.807, 2.05) is 19.9 Å². The van der Waals surface area contributed by atoms with Gasteiger partial charge in [0.15, 0.2) is 18.4 Å². The number of amides is 2. The number of esters is 1. The second kappa shape index (κ2) is 10.6. The predicted octanol–water partition coefficient (Wildman–Crippen LogP) is 2.83. The van der Waals surface area contributed by atoms with Crippen molar-refractivity contribution < 1.29 is 23.5 Å². The summed E-state index contributed by atoms with van der Waals surface area (Å²) in [5.74, 6) is -1.33. The molecule has 0 aliphatic carbocycles. The molecule has 0 fully saturated rings. The number of anilines is 1. The Morgan fingerprint density at radius 3 is 2.36 bits per heavy atom. The smallest absolute Gasteiger partial charge is 0.333 e. The third kappa shape index (κ3) is 5.81. The van der Waals surface area contributed by atoms with Gasteiger partial charge in [0, 0.05) is 17.5 Å². The highest BCUT2D eigenvalue weighted by Crippen LogP contribution is 2.17. The van der Waals surface area contributed by atoms with Crippen LogP contribution < -0.4 is 10.6 Å². The second-order valence-corrected chi connectivity index (χ2v) is 7.98. The zero-order chi connectivity index (χ0) is 25.7. The number of furan rings is 1. The van der Waals surface area contributed by atoms with Gasteiger partial charge >= 0.3 is 5.97 Å². The molecule has 0 bridgehead atoms. The van der Waals surface area contributed by atoms with Crippen LogP contribution in [0.5, 0.6) is 0 Å². The van der Waals surface area contributed by atoms with Crippen LogP contribution >= 0.6 is 0 Å². The van der Waals surface area contributed by atoms with Crippen molar-refractivity contribution in [2.75, 3.05) is 11.9 Å². The van der Waals surface area contributed by atoms with E-state index in [0.717, 1.165) is 11.4 Å². The van der Waals surface area contributed by atoms with Gasteiger partial charge in [0.05, 0.1) is 12.0 Å². The fraction of sp³-hybridized carbons (Fsp3) is 0.200. The molecule has 3 heterocycles. The van der Waals surface area contributed by atoms with Gasteiger partial charge in [0.2, 0.25) is 0 Å². The van der Waals surface area contributed by atoms with E-state index in [1.54, 1.807) is 49.4 Å². The topological polar surface area (TPSA) is 141 Å². The molecule has 0 aliphatic rings. The standard InChI is InChI=1S/C25H24N6O5/c1-15-12-16(2)27-25(26-15)31-20(13-17(3)30-31)28-21(32)14-36-24(34)22(18-8-5-4-6-9-18)29-23(33)19-10-7-11-35-19/h4-13,22H,14H2,1-3H3,(H,28,32)(H,29,33). The van der Waals surface area contributed by atoms with Crippen molar-refractivity contribution in [2.24, 2.45) is 0 Å². The fourth-order valence-corrected chi connectivity index (χ4v) is 3.48. The fourth-order valence-electron chi connectivity index (χ4n) is 3.48. The van der Waals surface area contributed by atoms with Crippen molar-refractivity contribution >= 4 is 23.6 Å². The summed E-state index contributed by atoms with van der Waals surface area (Å²) in [4.78, 5) is 46.7. The van der Waals surface area contributed by atoms with Crippen LogP contribution in [-0.4, -0.2) is 44.1 Å². The Morgan fingerprint density at radius 1 is 0.972 bits per heavy atom. The summed E-state index contributed by atoms with van der Waals surface area (Å²) >= 11 is 0. The number of hydrogen-bond donors (Lipinski definition) is 2. The lowest BCUT2D eigenvalue weighted by atomic mass is 10.1. The second-order valence-electron chi connectivity index (χ2n) is 7.98. The Bertz CT molecular complexity index is 1360. The molecule has 0 saturated carbocycles. The lowest BCUT2D eigenvalue weighted by molar-refractivity contribution is -0.149. The van der Waals surface area contributed by atoms with Crippen molar-refractivity contribution in [3.63, 3.8) is 0 Å². The van der Waals surface area contributed by atoms with Crippen LogP contribution in [0, 0.1) is 20.8 Å². The van der Waals surface area contributed by atoms with Crippen LogP contribution in [0.15, 0.2) is 65.3 Å². The maximum atomic E-state index is 12.9. The molecule has 1 atom stereocenters. The Balaban J connectivity index is 1.45. The number of benzene rings is 1. The molecule has 3 aromatic heterocycles. The first-order valence-electron chi connectivity index (χ1n) is 11.1. The molecule has 11 heteroatoms. The van der Waals surface area contributed by atoms with Crippen molar-refractivity contribution in [1.29, 1.82) is 0 Å². The number of aryl methyl sites for hydroxylation is 3. The average molecular weight is 489 g/mol. The first-order chi connectivity index (χ1) is 17.3. The van der Waals surface area contributed by atoms with Crippen molar-refractivity contribution in [3.8, 4) is 5.95 Å². The largest absolute Gasteiger partial charge is 0.459 e. The van der Waals surface area contributed by atoms with Gasteiger partial charge in [-0.25, -0.2) is 14.8 Å². The third-order valence-corrected chi connectivity index (χ3v) is 4.99. The normalized spacial score (nSPS) is 11.5. The Morgan fingerprint density at radius 2 is 1.69 bits per heavy atom. The molecule has 4 aromatic rings. The van der Waals surface area contributed by atoms with Crippen molar-refractivity contribution in [2.45, 2.75) is 26.8 Å². The first-order valence-corrected chi connectivity index (χ1v) is 11.1. The molecule has 2 N–H and O–H groups in total. The van der Waals surface area contributed by atoms with Crippen molar-refractivity contribution in [1.82, 2.24) is 25.1 Å². The highest BCUT2D eigenvalue weighted by molar-refractivity contribution is 5.96. The molecule has 11 nitrogen and oxygen atoms in total. The van der Waals surface area contributed by atoms with E-state index in [-0.39, 0.29) is 5.76 Å². The first kappa shape index (κ1) is 24.3. The minimum absolute atomic E-state index is 0.0405. The van der Waals surface area contributed by atoms with Crippen molar-refractivity contribution in [3.05, 3.63) is 89.3 Å². The SMILES string of the molecule is Cc1cc(C)nc(-n2nc(C)cc2NC(=O)COC(=O)C(NC(=O)c2ccco2)c2ccccc2)n1. The summed E-state index contributed by atoms with van der Waals surface area (Å²) in [5.41, 5.74) is 2.62. The molecular weight excluding hydrogens is 464 g/mol. The van der Waals surface area contributed by atoms with Gasteiger partial charge in [-0.2, -0.15) is 9.78 Å². The summed E-state index contributed by atoms with van der Waals surface area (Å²) in [7, 11) is 0. The lowest BCUT2D eigenvalue weighted by Gasteiger charge is -2.17. The summed E-state index contributed by atoms with van der Waals surface area (Å²) in [6.07, 6.45) is 1.35. The lowest BCUT2D eigenvalue weighted by Crippen LogP contribution is -2.36. The molecule has 184 valence electrons. The number of hydrogen-bond acceptors (Lipinski definition) is 8. The van der Waals surface area contributed by atoms with Crippen LogP contribution in [0.2, 0.25) is 0 Å². The van der Waals surface area contributed by atoms with E-state index >= 15 is 0 Å². The summed E-state index contributed by atoms with van der Waals surface area (Å²) in [6, 6.07) is 13.9. The quantitative estimate of drug-likeness (QED) is 0.361. The van der Waals surface area contributed by atoms with Crippen LogP contribution in [0.4, 0.5) is 5.82 Å². The zero-order valence-corrected chi connectivity index (χ0v) is 19.9. The van der Waals surface area contributed by atoms with E-state index in [9.17, 15) is 14.4 Å². The molecule has 36 heavy (non-hydrogen) atoms. The zero-order valence-electron chi connectivity index (χ0n) is 19.9. The molecule has 0 saturated heterocycles. The maximum Gasteiger partial charge on any atom is 0.333 e. The molecule has 0 aliphatic heterocycles. The summed E-state index contributed by atoms with van der Waals surface area (Å²) < 4.78 is 11.7. The van der Waals surface area contributed by atoms with Gasteiger partial charge in [-0.05, 0) is 44.5 Å². The minimum atomic E-state index is -1.15. The van der Waals surface area contributed by atoms with Gasteiger partial charge in [-0.3, -0.25) is 9.59 Å². The number of nitrogens with one attached hydrogen (secondary N) is 2. The van der Waals surface area contributed by atoms with Crippen LogP contribution in [0.1, 0.15) is 39.2 Å². The molecule has 1 aromatic carbocycles. The van der Waals surface area contributed by atoms with Gasteiger partial charge in [0.1, 0.15) is 5.82 Å². The highest BCUT2D eigenvalue weighted by atomic mass is 16.5. The monoisotopic (exact) mass is 488 g/mol. The average Bonchev–Trinajstić information content (AvgIpc) is 3.51. The molecular formula is C25H24N6O5. The van der Waals surface area contributed by atoms with Crippen LogP contribution in [0.3, 0.4) is 0 Å². The maximum absolute atomic E-state index is 12.9. The molecule has 0 radical (unpaired) electrons. The third-order valence-electron chi connectivity index (χ3n) is 4.99.